The lowest BCUT2D eigenvalue weighted by Crippen LogP contribution is -2.30. The lowest BCUT2D eigenvalue weighted by Gasteiger charge is -2.07. The van der Waals surface area contributed by atoms with Crippen molar-refractivity contribution in [2.24, 2.45) is 0 Å². The fourth-order valence-corrected chi connectivity index (χ4v) is 1.99. The number of amides is 1. The fraction of sp³-hybridized carbons (Fsp3) is 0.222. The smallest absolute Gasteiger partial charge is 0.338 e. The van der Waals surface area contributed by atoms with Crippen LogP contribution in [0.5, 0.6) is 0 Å². The largest absolute Gasteiger partial charge is 0.452 e. The Hall–Kier alpha value is -2.69. The van der Waals surface area contributed by atoms with Crippen molar-refractivity contribution in [3.05, 3.63) is 71.0 Å². The first-order valence-corrected chi connectivity index (χ1v) is 7.30. The number of hydrogen-bond acceptors (Lipinski definition) is 3. The van der Waals surface area contributed by atoms with Gasteiger partial charge in [0.15, 0.2) is 6.61 Å². The van der Waals surface area contributed by atoms with Gasteiger partial charge in [0.1, 0.15) is 5.82 Å². The van der Waals surface area contributed by atoms with Crippen molar-refractivity contribution in [2.75, 3.05) is 13.2 Å². The van der Waals surface area contributed by atoms with E-state index in [1.165, 1.54) is 6.07 Å². The molecule has 0 radical (unpaired) electrons. The third kappa shape index (κ3) is 5.21. The highest BCUT2D eigenvalue weighted by atomic mass is 19.1. The summed E-state index contributed by atoms with van der Waals surface area (Å²) in [4.78, 5) is 23.4. The van der Waals surface area contributed by atoms with Crippen LogP contribution in [-0.4, -0.2) is 25.0 Å². The molecule has 0 heterocycles. The van der Waals surface area contributed by atoms with Gasteiger partial charge in [-0.1, -0.05) is 35.9 Å². The summed E-state index contributed by atoms with van der Waals surface area (Å²) in [6.45, 7) is 1.84. The predicted molar refractivity (Wildman–Crippen MR) is 84.6 cm³/mol. The molecule has 2 rings (SSSR count). The van der Waals surface area contributed by atoms with Gasteiger partial charge < -0.3 is 10.1 Å². The van der Waals surface area contributed by atoms with E-state index in [9.17, 15) is 14.0 Å². The maximum absolute atomic E-state index is 13.4. The van der Waals surface area contributed by atoms with Gasteiger partial charge in [0.05, 0.1) is 5.56 Å². The zero-order chi connectivity index (χ0) is 16.7. The van der Waals surface area contributed by atoms with Crippen LogP contribution in [0.4, 0.5) is 4.39 Å². The molecule has 0 aliphatic carbocycles. The van der Waals surface area contributed by atoms with E-state index in [-0.39, 0.29) is 19.0 Å². The van der Waals surface area contributed by atoms with Gasteiger partial charge in [0, 0.05) is 6.54 Å². The van der Waals surface area contributed by atoms with E-state index in [1.807, 2.05) is 6.92 Å². The zero-order valence-electron chi connectivity index (χ0n) is 12.8. The predicted octanol–water partition coefficient (Wildman–Crippen LogP) is 2.65. The fourth-order valence-electron chi connectivity index (χ4n) is 1.99. The normalized spacial score (nSPS) is 10.2. The van der Waals surface area contributed by atoms with Gasteiger partial charge in [-0.15, -0.1) is 0 Å². The van der Waals surface area contributed by atoms with Crippen molar-refractivity contribution in [1.82, 2.24) is 5.32 Å². The number of halogens is 1. The van der Waals surface area contributed by atoms with E-state index in [1.54, 1.807) is 42.5 Å². The molecule has 1 N–H and O–H groups in total. The minimum absolute atomic E-state index is 0.280. The van der Waals surface area contributed by atoms with Crippen molar-refractivity contribution >= 4 is 11.9 Å². The van der Waals surface area contributed by atoms with Crippen LogP contribution >= 0.6 is 0 Å². The Morgan fingerprint density at radius 3 is 2.48 bits per heavy atom. The van der Waals surface area contributed by atoms with Crippen LogP contribution in [0.15, 0.2) is 48.5 Å². The van der Waals surface area contributed by atoms with Crippen molar-refractivity contribution in [3.63, 3.8) is 0 Å². The monoisotopic (exact) mass is 315 g/mol. The second-order valence-corrected chi connectivity index (χ2v) is 5.13. The standard InChI is InChI=1S/C18H18FNO3/c1-13-6-8-15(9-7-13)18(22)23-12-17(21)20-11-10-14-4-2-3-5-16(14)19/h2-9H,10-12H2,1H3,(H,20,21). The highest BCUT2D eigenvalue weighted by Gasteiger charge is 2.10. The number of rotatable bonds is 6. The minimum Gasteiger partial charge on any atom is -0.452 e. The molecule has 0 atom stereocenters. The Labute approximate surface area is 134 Å². The summed E-state index contributed by atoms with van der Waals surface area (Å²) < 4.78 is 18.3. The topological polar surface area (TPSA) is 55.4 Å². The van der Waals surface area contributed by atoms with E-state index in [2.05, 4.69) is 5.32 Å². The van der Waals surface area contributed by atoms with Crippen LogP contribution in [-0.2, 0) is 16.0 Å². The zero-order valence-corrected chi connectivity index (χ0v) is 12.8. The molecule has 0 bridgehead atoms. The van der Waals surface area contributed by atoms with Gasteiger partial charge >= 0.3 is 5.97 Å². The first kappa shape index (κ1) is 16.7. The lowest BCUT2D eigenvalue weighted by atomic mass is 10.1. The molecule has 0 spiro atoms. The SMILES string of the molecule is Cc1ccc(C(=O)OCC(=O)NCCc2ccccc2F)cc1. The van der Waals surface area contributed by atoms with Gasteiger partial charge in [-0.2, -0.15) is 0 Å². The molecule has 1 amide bonds. The number of aryl methyl sites for hydroxylation is 1. The number of nitrogens with one attached hydrogen (secondary N) is 1. The van der Waals surface area contributed by atoms with Crippen LogP contribution in [0, 0.1) is 12.7 Å². The molecule has 2 aromatic carbocycles. The van der Waals surface area contributed by atoms with Crippen molar-refractivity contribution in [2.45, 2.75) is 13.3 Å². The van der Waals surface area contributed by atoms with Gasteiger partial charge in [-0.05, 0) is 37.1 Å². The molecule has 23 heavy (non-hydrogen) atoms. The molecule has 0 aliphatic rings. The summed E-state index contributed by atoms with van der Waals surface area (Å²) in [5, 5.41) is 2.59. The second-order valence-electron chi connectivity index (χ2n) is 5.13. The summed E-state index contributed by atoms with van der Waals surface area (Å²) in [7, 11) is 0. The summed E-state index contributed by atoms with van der Waals surface area (Å²) in [6, 6.07) is 13.3. The quantitative estimate of drug-likeness (QED) is 0.834. The highest BCUT2D eigenvalue weighted by Crippen LogP contribution is 2.06. The molecule has 0 aliphatic heterocycles. The van der Waals surface area contributed by atoms with Gasteiger partial charge in [0.2, 0.25) is 0 Å². The van der Waals surface area contributed by atoms with E-state index in [0.29, 0.717) is 17.5 Å². The van der Waals surface area contributed by atoms with Crippen LogP contribution < -0.4 is 5.32 Å². The summed E-state index contributed by atoms with van der Waals surface area (Å²) in [5.74, 6) is -1.26. The number of carbonyl (C=O) groups is 2. The molecule has 120 valence electrons. The van der Waals surface area contributed by atoms with Gasteiger partial charge in [-0.3, -0.25) is 4.79 Å². The Kier molecular flexibility index (Phi) is 5.86. The second kappa shape index (κ2) is 8.08. The first-order chi connectivity index (χ1) is 11.1. The molecular formula is C18H18FNO3. The highest BCUT2D eigenvalue weighted by molar-refractivity contribution is 5.91. The van der Waals surface area contributed by atoms with Crippen molar-refractivity contribution in [1.29, 1.82) is 0 Å². The molecule has 0 saturated carbocycles. The molecular weight excluding hydrogens is 297 g/mol. The average Bonchev–Trinajstić information content (AvgIpc) is 2.55. The Bertz CT molecular complexity index is 683. The van der Waals surface area contributed by atoms with Crippen LogP contribution in [0.1, 0.15) is 21.5 Å². The van der Waals surface area contributed by atoms with Crippen molar-refractivity contribution < 1.29 is 18.7 Å². The minimum atomic E-state index is -0.547. The number of benzene rings is 2. The molecule has 5 heteroatoms. The molecule has 0 fully saturated rings. The molecule has 0 unspecified atom stereocenters. The number of ether oxygens (including phenoxy) is 1. The van der Waals surface area contributed by atoms with Gasteiger partial charge in [0.25, 0.3) is 5.91 Å². The van der Waals surface area contributed by atoms with Crippen molar-refractivity contribution in [3.8, 4) is 0 Å². The Balaban J connectivity index is 1.72. The first-order valence-electron chi connectivity index (χ1n) is 7.30. The maximum Gasteiger partial charge on any atom is 0.338 e. The van der Waals surface area contributed by atoms with Crippen LogP contribution in [0.3, 0.4) is 0 Å². The third-order valence-electron chi connectivity index (χ3n) is 3.30. The molecule has 4 nitrogen and oxygen atoms in total. The number of esters is 1. The van der Waals surface area contributed by atoms with E-state index in [0.717, 1.165) is 5.56 Å². The average molecular weight is 315 g/mol. The summed E-state index contributed by atoms with van der Waals surface area (Å²) in [5.41, 5.74) is 1.96. The van der Waals surface area contributed by atoms with E-state index in [4.69, 9.17) is 4.74 Å². The van der Waals surface area contributed by atoms with Crippen LogP contribution in [0.2, 0.25) is 0 Å². The Morgan fingerprint density at radius 1 is 1.09 bits per heavy atom. The molecule has 0 aromatic heterocycles. The Morgan fingerprint density at radius 2 is 1.78 bits per heavy atom. The van der Waals surface area contributed by atoms with E-state index < -0.39 is 11.9 Å². The number of carbonyl (C=O) groups excluding carboxylic acids is 2. The van der Waals surface area contributed by atoms with E-state index >= 15 is 0 Å². The third-order valence-corrected chi connectivity index (χ3v) is 3.30. The molecule has 0 saturated heterocycles. The lowest BCUT2D eigenvalue weighted by molar-refractivity contribution is -0.124. The molecule has 2 aromatic rings. The van der Waals surface area contributed by atoms with Gasteiger partial charge in [-0.25, -0.2) is 9.18 Å². The maximum atomic E-state index is 13.4. The summed E-state index contributed by atoms with van der Waals surface area (Å²) >= 11 is 0. The number of hydrogen-bond donors (Lipinski definition) is 1. The summed E-state index contributed by atoms with van der Waals surface area (Å²) in [6.07, 6.45) is 0.379. The van der Waals surface area contributed by atoms with Crippen LogP contribution in [0.25, 0.3) is 0 Å².